The minimum Gasteiger partial charge on any atom is -0.397 e. The van der Waals surface area contributed by atoms with Crippen molar-refractivity contribution in [1.82, 2.24) is 9.99 Å². The number of rotatable bonds is 1. The van der Waals surface area contributed by atoms with E-state index in [1.54, 1.807) is 12.1 Å². The van der Waals surface area contributed by atoms with Crippen LogP contribution in [0.3, 0.4) is 0 Å². The summed E-state index contributed by atoms with van der Waals surface area (Å²) in [5, 5.41) is 1.56. The highest BCUT2D eigenvalue weighted by Gasteiger charge is 2.30. The Balaban J connectivity index is 2.75. The van der Waals surface area contributed by atoms with Crippen LogP contribution >= 0.6 is 0 Å². The van der Waals surface area contributed by atoms with Gasteiger partial charge in [0.05, 0.1) is 23.1 Å². The Kier molecular flexibility index (Phi) is 2.82. The Hall–Kier alpha value is -1.95. The molecule has 0 aromatic carbocycles. The summed E-state index contributed by atoms with van der Waals surface area (Å²) < 4.78 is 0. The van der Waals surface area contributed by atoms with E-state index in [0.717, 1.165) is 22.6 Å². The van der Waals surface area contributed by atoms with Gasteiger partial charge in [-0.15, -0.1) is 0 Å². The second kappa shape index (κ2) is 4.06. The molecule has 1 aliphatic rings. The highest BCUT2D eigenvalue weighted by molar-refractivity contribution is 5.86. The van der Waals surface area contributed by atoms with Gasteiger partial charge in [-0.25, -0.2) is 10.8 Å². The number of likely N-dealkylation sites (N-methyl/N-ethyl adjacent to an activating group) is 2. The van der Waals surface area contributed by atoms with E-state index < -0.39 is 0 Å². The largest absolute Gasteiger partial charge is 0.397 e. The summed E-state index contributed by atoms with van der Waals surface area (Å²) in [6, 6.07) is 1.99. The lowest BCUT2D eigenvalue weighted by Gasteiger charge is -2.39. The van der Waals surface area contributed by atoms with Crippen LogP contribution < -0.4 is 22.2 Å². The average molecular weight is 248 g/mol. The lowest BCUT2D eigenvalue weighted by Crippen LogP contribution is -2.44. The maximum Gasteiger partial charge on any atom is 0.148 e. The second-order valence-electron chi connectivity index (χ2n) is 4.74. The van der Waals surface area contributed by atoms with Crippen molar-refractivity contribution in [2.75, 3.05) is 24.7 Å². The van der Waals surface area contributed by atoms with Crippen LogP contribution in [0, 0.1) is 6.92 Å². The molecule has 6 heteroatoms. The molecule has 1 aliphatic heterocycles. The highest BCUT2D eigenvalue weighted by Crippen LogP contribution is 2.38. The number of aryl methyl sites for hydroxylation is 1. The minimum absolute atomic E-state index is 0.0549. The summed E-state index contributed by atoms with van der Waals surface area (Å²) in [6.45, 7) is 3.93. The number of pyridine rings is 1. The van der Waals surface area contributed by atoms with Gasteiger partial charge in [0, 0.05) is 25.4 Å². The maximum atomic E-state index is 6.23. The van der Waals surface area contributed by atoms with Crippen molar-refractivity contribution in [2.24, 2.45) is 11.6 Å². The Morgan fingerprint density at radius 2 is 2.00 bits per heavy atom. The number of nitrogens with zero attached hydrogens (tertiary/aromatic N) is 3. The summed E-state index contributed by atoms with van der Waals surface area (Å²) in [4.78, 5) is 6.34. The molecule has 0 spiro atoms. The fourth-order valence-electron chi connectivity index (χ4n) is 2.49. The van der Waals surface area contributed by atoms with E-state index in [9.17, 15) is 0 Å². The molecule has 6 nitrogen and oxygen atoms in total. The number of nitrogens with two attached hydrogens (primary N) is 3. The fraction of sp³-hybridized carbons (Fsp3) is 0.417. The van der Waals surface area contributed by atoms with Gasteiger partial charge in [0.1, 0.15) is 5.82 Å². The fourth-order valence-corrected chi connectivity index (χ4v) is 2.49. The number of hydrogen-bond donors (Lipinski definition) is 3. The summed E-state index contributed by atoms with van der Waals surface area (Å²) in [6.07, 6.45) is 0. The maximum absolute atomic E-state index is 6.23. The molecule has 1 aromatic heterocycles. The first-order valence-electron chi connectivity index (χ1n) is 5.83. The zero-order valence-corrected chi connectivity index (χ0v) is 11.2. The first kappa shape index (κ1) is 12.5. The third kappa shape index (κ3) is 1.65. The van der Waals surface area contributed by atoms with Gasteiger partial charge in [-0.1, -0.05) is 0 Å². The number of anilines is 2. The first-order valence-corrected chi connectivity index (χ1v) is 5.83. The topological polar surface area (TPSA) is 97.4 Å². The molecule has 0 amide bonds. The van der Waals surface area contributed by atoms with Gasteiger partial charge in [-0.3, -0.25) is 0 Å². The van der Waals surface area contributed by atoms with E-state index >= 15 is 0 Å². The Morgan fingerprint density at radius 1 is 1.39 bits per heavy atom. The molecule has 2 heterocycles. The molecule has 18 heavy (non-hydrogen) atoms. The summed E-state index contributed by atoms with van der Waals surface area (Å²) >= 11 is 0. The van der Waals surface area contributed by atoms with Crippen molar-refractivity contribution < 1.29 is 0 Å². The molecule has 0 fully saturated rings. The second-order valence-corrected chi connectivity index (χ2v) is 4.74. The van der Waals surface area contributed by atoms with Gasteiger partial charge >= 0.3 is 0 Å². The molecule has 0 saturated heterocycles. The van der Waals surface area contributed by atoms with Crippen molar-refractivity contribution >= 4 is 17.2 Å². The summed E-state index contributed by atoms with van der Waals surface area (Å²) in [7, 11) is 3.75. The van der Waals surface area contributed by atoms with Gasteiger partial charge in [0.2, 0.25) is 0 Å². The van der Waals surface area contributed by atoms with E-state index in [1.807, 2.05) is 31.9 Å². The van der Waals surface area contributed by atoms with Crippen LogP contribution in [0.5, 0.6) is 0 Å². The van der Waals surface area contributed by atoms with E-state index in [1.165, 1.54) is 0 Å². The van der Waals surface area contributed by atoms with Gasteiger partial charge < -0.3 is 21.4 Å². The van der Waals surface area contributed by atoms with Crippen molar-refractivity contribution in [3.63, 3.8) is 0 Å². The predicted octanol–water partition coefficient (Wildman–Crippen LogP) is 0.243. The first-order chi connectivity index (χ1) is 8.34. The molecular formula is C12H20N6. The van der Waals surface area contributed by atoms with Gasteiger partial charge in [-0.05, 0) is 19.9 Å². The predicted molar refractivity (Wildman–Crippen MR) is 74.3 cm³/mol. The lowest BCUT2D eigenvalue weighted by atomic mass is 9.98. The van der Waals surface area contributed by atoms with Gasteiger partial charge in [-0.2, -0.15) is 0 Å². The van der Waals surface area contributed by atoms with E-state index in [0.29, 0.717) is 11.5 Å². The monoisotopic (exact) mass is 248 g/mol. The molecule has 0 saturated carbocycles. The number of fused-ring (bicyclic) bond motifs is 1. The zero-order chi connectivity index (χ0) is 13.6. The lowest BCUT2D eigenvalue weighted by molar-refractivity contribution is 0.405. The molecule has 2 rings (SSSR count). The average Bonchev–Trinajstić information content (AvgIpc) is 2.25. The normalized spacial score (nSPS) is 18.9. The Labute approximate surface area is 107 Å². The minimum atomic E-state index is 0.0549. The Morgan fingerprint density at radius 3 is 2.56 bits per heavy atom. The van der Waals surface area contributed by atoms with Crippen molar-refractivity contribution in [3.8, 4) is 0 Å². The zero-order valence-electron chi connectivity index (χ0n) is 11.2. The summed E-state index contributed by atoms with van der Waals surface area (Å²) in [5.74, 6) is 6.37. The number of aromatic nitrogens is 1. The Bertz CT molecular complexity index is 520. The third-order valence-electron chi connectivity index (χ3n) is 3.42. The standard InChI is InChI=1S/C12H20N6/c1-6-5-8-9(13)10(18(4)15)7(2)17(3)11(8)12(14)16-6/h5,7H,13,15H2,1-4H3,(H2,14,16). The third-order valence-corrected chi connectivity index (χ3v) is 3.42. The molecule has 0 bridgehead atoms. The van der Waals surface area contributed by atoms with Crippen LogP contribution in [-0.4, -0.2) is 30.1 Å². The van der Waals surface area contributed by atoms with E-state index in [2.05, 4.69) is 4.98 Å². The van der Waals surface area contributed by atoms with Gasteiger partial charge in [0.25, 0.3) is 0 Å². The van der Waals surface area contributed by atoms with Crippen LogP contribution in [0.25, 0.3) is 5.70 Å². The quantitative estimate of drug-likeness (QED) is 0.486. The summed E-state index contributed by atoms with van der Waals surface area (Å²) in [5.41, 5.74) is 16.4. The number of nitrogen functional groups attached to an aromatic ring is 1. The van der Waals surface area contributed by atoms with Crippen molar-refractivity contribution in [2.45, 2.75) is 19.9 Å². The van der Waals surface area contributed by atoms with Crippen LogP contribution in [0.2, 0.25) is 0 Å². The van der Waals surface area contributed by atoms with Crippen molar-refractivity contribution in [1.29, 1.82) is 0 Å². The van der Waals surface area contributed by atoms with Crippen LogP contribution in [0.1, 0.15) is 18.2 Å². The molecule has 6 N–H and O–H groups in total. The van der Waals surface area contributed by atoms with Gasteiger partial charge in [0.15, 0.2) is 0 Å². The number of hydrazine groups is 1. The molecule has 0 aliphatic carbocycles. The smallest absolute Gasteiger partial charge is 0.148 e. The molecular weight excluding hydrogens is 228 g/mol. The highest BCUT2D eigenvalue weighted by atomic mass is 15.4. The number of hydrogen-bond acceptors (Lipinski definition) is 6. The SMILES string of the molecule is Cc1cc2c(c(N)n1)N(C)C(C)C(N(C)N)=C2N. The molecule has 1 atom stereocenters. The van der Waals surface area contributed by atoms with Crippen LogP contribution in [-0.2, 0) is 0 Å². The molecule has 1 unspecified atom stereocenters. The van der Waals surface area contributed by atoms with Crippen LogP contribution in [0.15, 0.2) is 11.8 Å². The van der Waals surface area contributed by atoms with Crippen molar-refractivity contribution in [3.05, 3.63) is 23.0 Å². The van der Waals surface area contributed by atoms with E-state index in [4.69, 9.17) is 17.3 Å². The molecule has 0 radical (unpaired) electrons. The van der Waals surface area contributed by atoms with E-state index in [-0.39, 0.29) is 6.04 Å². The van der Waals surface area contributed by atoms with Crippen LogP contribution in [0.4, 0.5) is 11.5 Å². The molecule has 1 aromatic rings. The molecule has 98 valence electrons.